The van der Waals surface area contributed by atoms with E-state index in [0.29, 0.717) is 38.8 Å². The Morgan fingerprint density at radius 3 is 1.86 bits per heavy atom. The van der Waals surface area contributed by atoms with Crippen LogP contribution in [-0.4, -0.2) is 78.3 Å². The van der Waals surface area contributed by atoms with Crippen molar-refractivity contribution in [2.75, 3.05) is 26.2 Å². The lowest BCUT2D eigenvalue weighted by Gasteiger charge is -2.20. The number of aliphatic hydroxyl groups excluding tert-OH is 1. The third-order valence-corrected chi connectivity index (χ3v) is 4.12. The predicted octanol–water partition coefficient (Wildman–Crippen LogP) is -3.27. The minimum absolute atomic E-state index is 0.225. The van der Waals surface area contributed by atoms with E-state index < -0.39 is 55.0 Å². The Hall–Kier alpha value is -2.28. The van der Waals surface area contributed by atoms with E-state index >= 15 is 0 Å². The highest BCUT2D eigenvalue weighted by Gasteiger charge is 2.24. The van der Waals surface area contributed by atoms with Crippen LogP contribution in [0.5, 0.6) is 0 Å². The number of rotatable bonds is 16. The molecule has 0 radical (unpaired) electrons. The van der Waals surface area contributed by atoms with Crippen molar-refractivity contribution in [3.05, 3.63) is 0 Å². The van der Waals surface area contributed by atoms with E-state index in [9.17, 15) is 19.2 Å². The van der Waals surface area contributed by atoms with Crippen molar-refractivity contribution in [3.63, 3.8) is 0 Å². The lowest BCUT2D eigenvalue weighted by atomic mass is 10.1. The zero-order valence-corrected chi connectivity index (χ0v) is 16.6. The van der Waals surface area contributed by atoms with Gasteiger partial charge < -0.3 is 43.4 Å². The Kier molecular flexibility index (Phi) is 14.4. The van der Waals surface area contributed by atoms with Gasteiger partial charge in [0.05, 0.1) is 13.2 Å². The van der Waals surface area contributed by atoms with Crippen LogP contribution in [0.1, 0.15) is 38.5 Å². The van der Waals surface area contributed by atoms with Crippen molar-refractivity contribution in [1.29, 1.82) is 0 Å². The molecule has 3 unspecified atom stereocenters. The van der Waals surface area contributed by atoms with Crippen molar-refractivity contribution < 1.29 is 29.4 Å². The van der Waals surface area contributed by atoms with Gasteiger partial charge in [-0.2, -0.15) is 0 Å². The number of aliphatic carboxylic acids is 1. The molecule has 0 saturated carbocycles. The number of unbranched alkanes of at least 4 members (excludes halogenated alkanes) is 2. The average molecular weight is 418 g/mol. The molecule has 0 saturated heterocycles. The summed E-state index contributed by atoms with van der Waals surface area (Å²) in [6.45, 7) is -0.184. The number of hydrogen-bond donors (Lipinski definition) is 8. The second-order valence-electron chi connectivity index (χ2n) is 6.60. The fourth-order valence-electron chi connectivity index (χ4n) is 2.41. The van der Waals surface area contributed by atoms with E-state index in [1.165, 1.54) is 0 Å². The molecule has 0 aromatic heterocycles. The molecule has 0 bridgehead atoms. The van der Waals surface area contributed by atoms with Gasteiger partial charge in [0.25, 0.3) is 0 Å². The number of nitrogens with two attached hydrogens (primary N) is 3. The standard InChI is InChI=1S/C17H34N6O6/c18-7-3-1-5-12(23-15(26)11(20)10-24)16(27)21-9-14(25)22-13(17(28)29)6-2-4-8-19/h11-13,24H,1-10,18-20H2,(H,21,27)(H,22,25)(H,23,26)(H,28,29). The van der Waals surface area contributed by atoms with Crippen LogP contribution in [0.2, 0.25) is 0 Å². The molecule has 0 fully saturated rings. The topological polar surface area (TPSA) is 223 Å². The van der Waals surface area contributed by atoms with Crippen LogP contribution < -0.4 is 33.2 Å². The third-order valence-electron chi connectivity index (χ3n) is 4.12. The highest BCUT2D eigenvalue weighted by atomic mass is 16.4. The molecule has 0 aliphatic rings. The molecule has 0 aromatic carbocycles. The number of aliphatic hydroxyl groups is 1. The number of carboxylic acids is 1. The summed E-state index contributed by atoms with van der Waals surface area (Å²) in [5, 5.41) is 25.2. The number of carboxylic acid groups (broad SMARTS) is 1. The van der Waals surface area contributed by atoms with Gasteiger partial charge in [0, 0.05) is 0 Å². The van der Waals surface area contributed by atoms with Gasteiger partial charge in [0.2, 0.25) is 17.7 Å². The van der Waals surface area contributed by atoms with E-state index in [1.807, 2.05) is 0 Å². The summed E-state index contributed by atoms with van der Waals surface area (Å²) >= 11 is 0. The molecule has 12 heteroatoms. The average Bonchev–Trinajstić information content (AvgIpc) is 2.69. The van der Waals surface area contributed by atoms with Crippen LogP contribution in [0.3, 0.4) is 0 Å². The summed E-state index contributed by atoms with van der Waals surface area (Å²) in [5.41, 5.74) is 16.2. The van der Waals surface area contributed by atoms with Crippen molar-refractivity contribution in [2.24, 2.45) is 17.2 Å². The smallest absolute Gasteiger partial charge is 0.326 e. The number of amides is 3. The minimum Gasteiger partial charge on any atom is -0.480 e. The molecule has 3 atom stereocenters. The summed E-state index contributed by atoms with van der Waals surface area (Å²) in [5.74, 6) is -3.16. The van der Waals surface area contributed by atoms with Gasteiger partial charge in [-0.15, -0.1) is 0 Å². The van der Waals surface area contributed by atoms with Gasteiger partial charge in [-0.05, 0) is 51.6 Å². The first kappa shape index (κ1) is 26.7. The fourth-order valence-corrected chi connectivity index (χ4v) is 2.41. The number of carbonyl (C=O) groups is 4. The molecular weight excluding hydrogens is 384 g/mol. The largest absolute Gasteiger partial charge is 0.480 e. The van der Waals surface area contributed by atoms with Crippen LogP contribution in [0, 0.1) is 0 Å². The lowest BCUT2D eigenvalue weighted by Crippen LogP contribution is -2.54. The van der Waals surface area contributed by atoms with Gasteiger partial charge in [-0.3, -0.25) is 14.4 Å². The molecule has 0 aromatic rings. The summed E-state index contributed by atoms with van der Waals surface area (Å²) in [6.07, 6.45) is 2.86. The molecule has 0 aliphatic carbocycles. The van der Waals surface area contributed by atoms with Crippen LogP contribution >= 0.6 is 0 Å². The van der Waals surface area contributed by atoms with Crippen molar-refractivity contribution >= 4 is 23.7 Å². The molecule has 12 nitrogen and oxygen atoms in total. The predicted molar refractivity (Wildman–Crippen MR) is 105 cm³/mol. The molecular formula is C17H34N6O6. The molecule has 0 aliphatic heterocycles. The summed E-state index contributed by atoms with van der Waals surface area (Å²) in [4.78, 5) is 47.4. The van der Waals surface area contributed by atoms with E-state index in [0.717, 1.165) is 0 Å². The Morgan fingerprint density at radius 2 is 1.38 bits per heavy atom. The lowest BCUT2D eigenvalue weighted by molar-refractivity contribution is -0.142. The summed E-state index contributed by atoms with van der Waals surface area (Å²) in [6, 6.07) is -3.21. The fraction of sp³-hybridized carbons (Fsp3) is 0.765. The normalized spacial score (nSPS) is 13.8. The highest BCUT2D eigenvalue weighted by Crippen LogP contribution is 2.02. The van der Waals surface area contributed by atoms with E-state index in [4.69, 9.17) is 27.4 Å². The molecule has 29 heavy (non-hydrogen) atoms. The van der Waals surface area contributed by atoms with Gasteiger partial charge in [-0.25, -0.2) is 4.79 Å². The summed E-state index contributed by atoms with van der Waals surface area (Å²) < 4.78 is 0. The van der Waals surface area contributed by atoms with Gasteiger partial charge in [0.15, 0.2) is 0 Å². The first-order valence-electron chi connectivity index (χ1n) is 9.63. The first-order valence-corrected chi connectivity index (χ1v) is 9.63. The van der Waals surface area contributed by atoms with E-state index in [1.54, 1.807) is 0 Å². The van der Waals surface area contributed by atoms with Crippen LogP contribution in [-0.2, 0) is 19.2 Å². The second-order valence-corrected chi connectivity index (χ2v) is 6.60. The molecule has 11 N–H and O–H groups in total. The van der Waals surface area contributed by atoms with E-state index in [-0.39, 0.29) is 12.8 Å². The highest BCUT2D eigenvalue weighted by molar-refractivity contribution is 5.92. The maximum Gasteiger partial charge on any atom is 0.326 e. The van der Waals surface area contributed by atoms with Crippen molar-refractivity contribution in [1.82, 2.24) is 16.0 Å². The molecule has 0 heterocycles. The number of nitrogens with one attached hydrogen (secondary N) is 3. The Balaban J connectivity index is 4.69. The van der Waals surface area contributed by atoms with Crippen molar-refractivity contribution in [3.8, 4) is 0 Å². The Bertz CT molecular complexity index is 533. The monoisotopic (exact) mass is 418 g/mol. The van der Waals surface area contributed by atoms with Crippen LogP contribution in [0.15, 0.2) is 0 Å². The molecule has 0 rings (SSSR count). The van der Waals surface area contributed by atoms with Crippen molar-refractivity contribution in [2.45, 2.75) is 56.7 Å². The first-order chi connectivity index (χ1) is 13.8. The summed E-state index contributed by atoms with van der Waals surface area (Å²) in [7, 11) is 0. The molecule has 168 valence electrons. The number of hydrogen-bond acceptors (Lipinski definition) is 8. The van der Waals surface area contributed by atoms with Gasteiger partial charge in [0.1, 0.15) is 18.1 Å². The van der Waals surface area contributed by atoms with Crippen LogP contribution in [0.4, 0.5) is 0 Å². The Morgan fingerprint density at radius 1 is 0.828 bits per heavy atom. The van der Waals surface area contributed by atoms with Gasteiger partial charge in [-0.1, -0.05) is 0 Å². The maximum atomic E-state index is 12.3. The van der Waals surface area contributed by atoms with Crippen LogP contribution in [0.25, 0.3) is 0 Å². The molecule has 0 spiro atoms. The Labute approximate surface area is 169 Å². The quantitative estimate of drug-likeness (QED) is 0.118. The second kappa shape index (κ2) is 15.6. The SMILES string of the molecule is NCCCCC(NC(=O)CNC(=O)C(CCCCN)NC(=O)C(N)CO)C(=O)O. The zero-order valence-electron chi connectivity index (χ0n) is 16.6. The maximum absolute atomic E-state index is 12.3. The third kappa shape index (κ3) is 12.0. The zero-order chi connectivity index (χ0) is 22.2. The van der Waals surface area contributed by atoms with E-state index in [2.05, 4.69) is 16.0 Å². The number of carbonyl (C=O) groups excluding carboxylic acids is 3. The van der Waals surface area contributed by atoms with Gasteiger partial charge >= 0.3 is 5.97 Å². The minimum atomic E-state index is -1.17. The molecule has 3 amide bonds.